The summed E-state index contributed by atoms with van der Waals surface area (Å²) >= 11 is 11.7. The maximum absolute atomic E-state index is 14.0. The number of aromatic hydroxyl groups is 2. The maximum atomic E-state index is 14.0. The smallest absolute Gasteiger partial charge is 0.131 e. The number of phenolic OH excluding ortho intramolecular Hbond substituents is 2. The van der Waals surface area contributed by atoms with Crippen LogP contribution in [0, 0.1) is 11.6 Å². The molecule has 0 amide bonds. The van der Waals surface area contributed by atoms with Crippen LogP contribution in [0.2, 0.25) is 10.0 Å². The third-order valence-corrected chi connectivity index (χ3v) is 4.02. The minimum Gasteiger partial charge on any atom is -0.507 e. The van der Waals surface area contributed by atoms with Gasteiger partial charge in [-0.15, -0.1) is 0 Å². The third kappa shape index (κ3) is 3.03. The van der Waals surface area contributed by atoms with E-state index in [-0.39, 0.29) is 43.8 Å². The van der Waals surface area contributed by atoms with Crippen LogP contribution in [0.1, 0.15) is 0 Å². The lowest BCUT2D eigenvalue weighted by Gasteiger charge is -2.12. The van der Waals surface area contributed by atoms with Crippen molar-refractivity contribution in [2.75, 3.05) is 0 Å². The summed E-state index contributed by atoms with van der Waals surface area (Å²) < 4.78 is 28.0. The van der Waals surface area contributed by atoms with E-state index in [1.807, 2.05) is 0 Å². The quantitative estimate of drug-likeness (QED) is 0.544. The van der Waals surface area contributed by atoms with Crippen molar-refractivity contribution in [1.29, 1.82) is 0 Å². The van der Waals surface area contributed by atoms with Crippen molar-refractivity contribution in [3.63, 3.8) is 0 Å². The fraction of sp³-hybridized carbons (Fsp3) is 0. The molecule has 3 aromatic carbocycles. The molecule has 0 radical (unpaired) electrons. The van der Waals surface area contributed by atoms with Gasteiger partial charge in [-0.2, -0.15) is 0 Å². The predicted octanol–water partition coefficient (Wildman–Crippen LogP) is 6.02. The summed E-state index contributed by atoms with van der Waals surface area (Å²) in [5, 5.41) is 21.0. The molecule has 24 heavy (non-hydrogen) atoms. The van der Waals surface area contributed by atoms with Crippen LogP contribution in [0.15, 0.2) is 48.5 Å². The largest absolute Gasteiger partial charge is 0.507 e. The molecule has 0 unspecified atom stereocenters. The maximum Gasteiger partial charge on any atom is 0.131 e. The highest BCUT2D eigenvalue weighted by Gasteiger charge is 2.17. The number of phenols is 2. The average molecular weight is 367 g/mol. The van der Waals surface area contributed by atoms with Gasteiger partial charge in [0.25, 0.3) is 0 Å². The van der Waals surface area contributed by atoms with Crippen molar-refractivity contribution in [3.05, 3.63) is 70.2 Å². The number of rotatable bonds is 2. The Balaban J connectivity index is 2.20. The first-order chi connectivity index (χ1) is 11.4. The lowest BCUT2D eigenvalue weighted by molar-refractivity contribution is 0.463. The second kappa shape index (κ2) is 6.30. The van der Waals surface area contributed by atoms with Gasteiger partial charge in [0.05, 0.1) is 0 Å². The predicted molar refractivity (Wildman–Crippen MR) is 90.6 cm³/mol. The van der Waals surface area contributed by atoms with Crippen LogP contribution in [0.5, 0.6) is 11.5 Å². The van der Waals surface area contributed by atoms with Gasteiger partial charge in [-0.1, -0.05) is 23.2 Å². The van der Waals surface area contributed by atoms with Gasteiger partial charge in [-0.25, -0.2) is 8.78 Å². The Morgan fingerprint density at radius 1 is 0.583 bits per heavy atom. The van der Waals surface area contributed by atoms with Gasteiger partial charge in [-0.05, 0) is 48.5 Å². The van der Waals surface area contributed by atoms with E-state index in [2.05, 4.69) is 0 Å². The highest BCUT2D eigenvalue weighted by molar-refractivity contribution is 6.31. The zero-order valence-electron chi connectivity index (χ0n) is 12.0. The molecule has 0 atom stereocenters. The first-order valence-electron chi connectivity index (χ1n) is 6.83. The van der Waals surface area contributed by atoms with Crippen molar-refractivity contribution in [1.82, 2.24) is 0 Å². The Morgan fingerprint density at radius 2 is 0.958 bits per heavy atom. The van der Waals surface area contributed by atoms with E-state index in [1.54, 1.807) is 0 Å². The molecule has 0 saturated heterocycles. The molecule has 3 aromatic rings. The summed E-state index contributed by atoms with van der Waals surface area (Å²) in [6.07, 6.45) is 0. The van der Waals surface area contributed by atoms with Gasteiger partial charge in [-0.3, -0.25) is 0 Å². The molecule has 0 aliphatic carbocycles. The van der Waals surface area contributed by atoms with E-state index in [9.17, 15) is 19.0 Å². The van der Waals surface area contributed by atoms with Crippen LogP contribution < -0.4 is 0 Å². The molecule has 0 saturated carbocycles. The van der Waals surface area contributed by atoms with Crippen molar-refractivity contribution in [2.45, 2.75) is 0 Å². The highest BCUT2D eigenvalue weighted by Crippen LogP contribution is 2.42. The van der Waals surface area contributed by atoms with Gasteiger partial charge in [0.1, 0.15) is 23.1 Å². The van der Waals surface area contributed by atoms with E-state index in [0.29, 0.717) is 0 Å². The number of halogens is 4. The number of hydrogen-bond donors (Lipinski definition) is 2. The number of benzene rings is 3. The molecule has 6 heteroatoms. The molecular formula is C18H10Cl2F2O2. The molecule has 0 aliphatic rings. The normalized spacial score (nSPS) is 10.8. The van der Waals surface area contributed by atoms with Crippen molar-refractivity contribution < 1.29 is 19.0 Å². The lowest BCUT2D eigenvalue weighted by Crippen LogP contribution is -1.89. The molecule has 2 N–H and O–H groups in total. The van der Waals surface area contributed by atoms with E-state index in [1.165, 1.54) is 24.3 Å². The molecule has 0 fully saturated rings. The van der Waals surface area contributed by atoms with Crippen LogP contribution in [-0.4, -0.2) is 10.2 Å². The van der Waals surface area contributed by atoms with Gasteiger partial charge in [0.15, 0.2) is 0 Å². The average Bonchev–Trinajstić information content (AvgIpc) is 2.54. The van der Waals surface area contributed by atoms with Crippen LogP contribution in [0.25, 0.3) is 22.3 Å². The summed E-state index contributed by atoms with van der Waals surface area (Å²) in [6.45, 7) is 0. The SMILES string of the molecule is Oc1cc(-c2cc(Cl)ccc2F)c(O)cc1-c1cc(Cl)ccc1F. The van der Waals surface area contributed by atoms with Crippen molar-refractivity contribution in [2.24, 2.45) is 0 Å². The second-order valence-electron chi connectivity index (χ2n) is 5.13. The fourth-order valence-corrected chi connectivity index (χ4v) is 2.76. The summed E-state index contributed by atoms with van der Waals surface area (Å²) in [6, 6.07) is 9.99. The van der Waals surface area contributed by atoms with Crippen LogP contribution in [0.4, 0.5) is 8.78 Å². The molecule has 3 rings (SSSR count). The van der Waals surface area contributed by atoms with Gasteiger partial charge in [0, 0.05) is 32.3 Å². The topological polar surface area (TPSA) is 40.5 Å². The van der Waals surface area contributed by atoms with Gasteiger partial charge < -0.3 is 10.2 Å². The molecule has 0 aliphatic heterocycles. The molecule has 122 valence electrons. The monoisotopic (exact) mass is 366 g/mol. The zero-order chi connectivity index (χ0) is 17.4. The molecule has 0 bridgehead atoms. The Kier molecular flexibility index (Phi) is 4.35. The Morgan fingerprint density at radius 3 is 1.33 bits per heavy atom. The molecular weight excluding hydrogens is 357 g/mol. The van der Waals surface area contributed by atoms with Crippen LogP contribution in [0.3, 0.4) is 0 Å². The zero-order valence-corrected chi connectivity index (χ0v) is 13.5. The molecule has 0 aromatic heterocycles. The van der Waals surface area contributed by atoms with Crippen molar-refractivity contribution >= 4 is 23.2 Å². The van der Waals surface area contributed by atoms with E-state index in [0.717, 1.165) is 24.3 Å². The first-order valence-corrected chi connectivity index (χ1v) is 7.59. The standard InChI is InChI=1S/C18H10Cl2F2O2/c19-9-1-3-15(21)11(5-9)13-7-18(24)14(8-17(13)23)12-6-10(20)2-4-16(12)22/h1-8,23-24H. The Labute approximate surface area is 146 Å². The number of hydrogen-bond acceptors (Lipinski definition) is 2. The minimum atomic E-state index is -0.615. The summed E-state index contributed by atoms with van der Waals surface area (Å²) in [5.41, 5.74) is 0.124. The van der Waals surface area contributed by atoms with Gasteiger partial charge in [0.2, 0.25) is 0 Å². The van der Waals surface area contributed by atoms with E-state index < -0.39 is 11.6 Å². The van der Waals surface area contributed by atoms with Crippen LogP contribution >= 0.6 is 23.2 Å². The van der Waals surface area contributed by atoms with Crippen LogP contribution in [-0.2, 0) is 0 Å². The van der Waals surface area contributed by atoms with Gasteiger partial charge >= 0.3 is 0 Å². The Hall–Kier alpha value is -2.30. The summed E-state index contributed by atoms with van der Waals surface area (Å²) in [7, 11) is 0. The lowest BCUT2D eigenvalue weighted by atomic mass is 9.97. The van der Waals surface area contributed by atoms with Crippen molar-refractivity contribution in [3.8, 4) is 33.8 Å². The summed E-state index contributed by atoms with van der Waals surface area (Å²) in [5.74, 6) is -1.89. The first kappa shape index (κ1) is 16.6. The second-order valence-corrected chi connectivity index (χ2v) is 6.01. The Bertz CT molecular complexity index is 865. The highest BCUT2D eigenvalue weighted by atomic mass is 35.5. The third-order valence-electron chi connectivity index (χ3n) is 3.55. The summed E-state index contributed by atoms with van der Waals surface area (Å²) in [4.78, 5) is 0. The van der Waals surface area contributed by atoms with E-state index >= 15 is 0 Å². The van der Waals surface area contributed by atoms with E-state index in [4.69, 9.17) is 23.2 Å². The molecule has 0 spiro atoms. The molecule has 0 heterocycles. The fourth-order valence-electron chi connectivity index (χ4n) is 2.42. The minimum absolute atomic E-state index is 0.0217. The molecule has 2 nitrogen and oxygen atoms in total.